The van der Waals surface area contributed by atoms with E-state index in [0.717, 1.165) is 22.3 Å². The molecule has 3 rings (SSSR count). The molecule has 0 radical (unpaired) electrons. The van der Waals surface area contributed by atoms with Crippen LogP contribution in [0.1, 0.15) is 35.1 Å². The number of fused-ring (bicyclic) bond motifs is 1. The summed E-state index contributed by atoms with van der Waals surface area (Å²) in [6, 6.07) is 13.8. The van der Waals surface area contributed by atoms with Crippen molar-refractivity contribution < 1.29 is 14.3 Å². The number of carbonyl (C=O) groups excluding carboxylic acids is 2. The summed E-state index contributed by atoms with van der Waals surface area (Å²) in [5.74, 6) is -0.543. The Morgan fingerprint density at radius 2 is 2.00 bits per heavy atom. The largest absolute Gasteiger partial charge is 0.465 e. The van der Waals surface area contributed by atoms with Crippen molar-refractivity contribution in [2.75, 3.05) is 19.7 Å². The predicted molar refractivity (Wildman–Crippen MR) is 101 cm³/mol. The topological polar surface area (TPSA) is 46.6 Å². The molecule has 0 bridgehead atoms. The van der Waals surface area contributed by atoms with Crippen molar-refractivity contribution in [3.05, 3.63) is 69.7 Å². The smallest absolute Gasteiger partial charge is 0.325 e. The van der Waals surface area contributed by atoms with Crippen LogP contribution in [-0.4, -0.2) is 36.5 Å². The van der Waals surface area contributed by atoms with Gasteiger partial charge in [0.05, 0.1) is 13.0 Å². The molecule has 1 atom stereocenters. The molecule has 0 spiro atoms. The molecule has 1 aliphatic rings. The lowest BCUT2D eigenvalue weighted by Crippen LogP contribution is -2.38. The number of ether oxygens (including phenoxy) is 1. The van der Waals surface area contributed by atoms with Crippen molar-refractivity contribution in [3.63, 3.8) is 0 Å². The summed E-state index contributed by atoms with van der Waals surface area (Å²) in [6.45, 7) is 4.45. The van der Waals surface area contributed by atoms with Crippen molar-refractivity contribution >= 4 is 23.5 Å². The van der Waals surface area contributed by atoms with E-state index in [0.29, 0.717) is 18.2 Å². The number of amides is 1. The molecule has 1 amide bonds. The molecular weight excluding hydrogens is 350 g/mol. The Labute approximate surface area is 158 Å². The molecule has 0 saturated heterocycles. The van der Waals surface area contributed by atoms with E-state index < -0.39 is 0 Å². The van der Waals surface area contributed by atoms with Gasteiger partial charge in [0.15, 0.2) is 0 Å². The zero-order valence-corrected chi connectivity index (χ0v) is 15.8. The predicted octanol–water partition coefficient (Wildman–Crippen LogP) is 3.73. The van der Waals surface area contributed by atoms with Gasteiger partial charge < -0.3 is 9.64 Å². The third-order valence-corrected chi connectivity index (χ3v) is 5.02. The lowest BCUT2D eigenvalue weighted by atomic mass is 9.87. The van der Waals surface area contributed by atoms with Crippen LogP contribution in [0, 0.1) is 6.92 Å². The summed E-state index contributed by atoms with van der Waals surface area (Å²) in [6.07, 6.45) is 0.274. The first-order valence-electron chi connectivity index (χ1n) is 8.76. The van der Waals surface area contributed by atoms with Crippen LogP contribution in [0.5, 0.6) is 0 Å². The molecule has 2 aromatic carbocycles. The van der Waals surface area contributed by atoms with Crippen LogP contribution in [0.15, 0.2) is 42.5 Å². The first-order chi connectivity index (χ1) is 12.5. The van der Waals surface area contributed by atoms with Gasteiger partial charge in [-0.05, 0) is 36.6 Å². The van der Waals surface area contributed by atoms with Gasteiger partial charge in [-0.3, -0.25) is 9.59 Å². The Kier molecular flexibility index (Phi) is 5.62. The van der Waals surface area contributed by atoms with Gasteiger partial charge in [0.1, 0.15) is 6.54 Å². The number of esters is 1. The van der Waals surface area contributed by atoms with Crippen LogP contribution in [0.25, 0.3) is 0 Å². The van der Waals surface area contributed by atoms with Crippen molar-refractivity contribution in [3.8, 4) is 0 Å². The van der Waals surface area contributed by atoms with E-state index in [1.165, 1.54) is 0 Å². The van der Waals surface area contributed by atoms with Crippen molar-refractivity contribution in [2.45, 2.75) is 26.2 Å². The van der Waals surface area contributed by atoms with E-state index >= 15 is 0 Å². The second kappa shape index (κ2) is 7.92. The van der Waals surface area contributed by atoms with Crippen LogP contribution in [0.2, 0.25) is 5.02 Å². The van der Waals surface area contributed by atoms with E-state index in [9.17, 15) is 9.59 Å². The van der Waals surface area contributed by atoms with Gasteiger partial charge >= 0.3 is 5.97 Å². The minimum atomic E-state index is -0.388. The molecule has 1 unspecified atom stereocenters. The zero-order chi connectivity index (χ0) is 18.7. The Hall–Kier alpha value is -2.33. The standard InChI is InChI=1S/C21H22ClNO3/c1-3-26-21(25)13-23-12-18(16-6-4-5-7-19(16)22)17-10-14(2)8-9-15(17)11-20(23)24/h4-10,18H,3,11-13H2,1-2H3. The van der Waals surface area contributed by atoms with Crippen LogP contribution in [-0.2, 0) is 20.7 Å². The number of benzene rings is 2. The van der Waals surface area contributed by atoms with Crippen molar-refractivity contribution in [1.29, 1.82) is 0 Å². The van der Waals surface area contributed by atoms with Gasteiger partial charge in [0.2, 0.25) is 5.91 Å². The summed E-state index contributed by atoms with van der Waals surface area (Å²) in [4.78, 5) is 26.3. The number of carbonyl (C=O) groups is 2. The maximum Gasteiger partial charge on any atom is 0.325 e. The molecule has 136 valence electrons. The fraction of sp³-hybridized carbons (Fsp3) is 0.333. The highest BCUT2D eigenvalue weighted by molar-refractivity contribution is 6.31. The Morgan fingerprint density at radius 3 is 2.73 bits per heavy atom. The summed E-state index contributed by atoms with van der Waals surface area (Å²) in [7, 11) is 0. The summed E-state index contributed by atoms with van der Waals surface area (Å²) in [5.41, 5.74) is 4.17. The highest BCUT2D eigenvalue weighted by atomic mass is 35.5. The Morgan fingerprint density at radius 1 is 1.23 bits per heavy atom. The lowest BCUT2D eigenvalue weighted by molar-refractivity contribution is -0.148. The van der Waals surface area contributed by atoms with E-state index in [2.05, 4.69) is 6.07 Å². The van der Waals surface area contributed by atoms with Crippen LogP contribution in [0.3, 0.4) is 0 Å². The average Bonchev–Trinajstić information content (AvgIpc) is 2.73. The molecule has 5 heteroatoms. The van der Waals surface area contributed by atoms with Gasteiger partial charge in [0.25, 0.3) is 0 Å². The molecular formula is C21H22ClNO3. The van der Waals surface area contributed by atoms with E-state index in [-0.39, 0.29) is 30.8 Å². The molecule has 0 fully saturated rings. The highest BCUT2D eigenvalue weighted by Crippen LogP contribution is 2.35. The molecule has 0 saturated carbocycles. The lowest BCUT2D eigenvalue weighted by Gasteiger charge is -2.25. The fourth-order valence-electron chi connectivity index (χ4n) is 3.43. The van der Waals surface area contributed by atoms with Crippen molar-refractivity contribution in [1.82, 2.24) is 4.90 Å². The van der Waals surface area contributed by atoms with E-state index in [1.54, 1.807) is 11.8 Å². The third-order valence-electron chi connectivity index (χ3n) is 4.68. The third kappa shape index (κ3) is 3.91. The van der Waals surface area contributed by atoms with Gasteiger partial charge in [-0.2, -0.15) is 0 Å². The van der Waals surface area contributed by atoms with Crippen LogP contribution < -0.4 is 0 Å². The zero-order valence-electron chi connectivity index (χ0n) is 15.0. The number of nitrogens with zero attached hydrogens (tertiary/aromatic N) is 1. The average molecular weight is 372 g/mol. The van der Waals surface area contributed by atoms with Gasteiger partial charge in [-0.1, -0.05) is 53.6 Å². The number of hydrogen-bond acceptors (Lipinski definition) is 3. The summed E-state index contributed by atoms with van der Waals surface area (Å²) >= 11 is 6.46. The first kappa shape index (κ1) is 18.5. The fourth-order valence-corrected chi connectivity index (χ4v) is 3.70. The summed E-state index contributed by atoms with van der Waals surface area (Å²) in [5, 5.41) is 0.662. The van der Waals surface area contributed by atoms with Crippen LogP contribution >= 0.6 is 11.6 Å². The minimum Gasteiger partial charge on any atom is -0.465 e. The SMILES string of the molecule is CCOC(=O)CN1CC(c2ccccc2Cl)c2cc(C)ccc2CC1=O. The maximum absolute atomic E-state index is 12.7. The Balaban J connectivity index is 2.03. The van der Waals surface area contributed by atoms with E-state index in [4.69, 9.17) is 16.3 Å². The highest BCUT2D eigenvalue weighted by Gasteiger charge is 2.31. The number of rotatable bonds is 4. The second-order valence-corrected chi connectivity index (χ2v) is 6.94. The molecule has 26 heavy (non-hydrogen) atoms. The number of aryl methyl sites for hydroxylation is 1. The molecule has 1 aliphatic heterocycles. The van der Waals surface area contributed by atoms with E-state index in [1.807, 2.05) is 43.3 Å². The molecule has 1 heterocycles. The normalized spacial score (nSPS) is 16.8. The van der Waals surface area contributed by atoms with Gasteiger partial charge in [0, 0.05) is 17.5 Å². The first-order valence-corrected chi connectivity index (χ1v) is 9.14. The summed E-state index contributed by atoms with van der Waals surface area (Å²) < 4.78 is 5.04. The number of halogens is 1. The molecule has 0 aromatic heterocycles. The Bertz CT molecular complexity index is 834. The quantitative estimate of drug-likeness (QED) is 0.769. The van der Waals surface area contributed by atoms with Crippen molar-refractivity contribution in [2.24, 2.45) is 0 Å². The van der Waals surface area contributed by atoms with Gasteiger partial charge in [-0.25, -0.2) is 0 Å². The molecule has 0 N–H and O–H groups in total. The maximum atomic E-state index is 12.7. The second-order valence-electron chi connectivity index (χ2n) is 6.53. The monoisotopic (exact) mass is 371 g/mol. The minimum absolute atomic E-state index is 0.0411. The molecule has 2 aromatic rings. The molecule has 0 aliphatic carbocycles. The number of hydrogen-bond donors (Lipinski definition) is 0. The molecule has 4 nitrogen and oxygen atoms in total. The van der Waals surface area contributed by atoms with Gasteiger partial charge in [-0.15, -0.1) is 0 Å². The van der Waals surface area contributed by atoms with Crippen LogP contribution in [0.4, 0.5) is 0 Å².